The standard InChI is InChI=1S/C13H16N2O4/c1-14(8-9-16)12(17)6-7-15-10-4-2-3-5-11(10)19-13(15)18/h2-5,16H,6-9H2,1H3. The summed E-state index contributed by atoms with van der Waals surface area (Å²) in [6.45, 7) is 0.487. The maximum absolute atomic E-state index is 11.7. The minimum absolute atomic E-state index is 0.0726. The minimum atomic E-state index is -0.459. The summed E-state index contributed by atoms with van der Waals surface area (Å²) in [6.07, 6.45) is 0.194. The lowest BCUT2D eigenvalue weighted by Gasteiger charge is -2.15. The summed E-state index contributed by atoms with van der Waals surface area (Å²) in [5, 5.41) is 8.76. The highest BCUT2D eigenvalue weighted by Crippen LogP contribution is 2.12. The Kier molecular flexibility index (Phi) is 4.01. The van der Waals surface area contributed by atoms with Crippen LogP contribution in [-0.4, -0.2) is 40.7 Å². The van der Waals surface area contributed by atoms with Crippen molar-refractivity contribution in [2.75, 3.05) is 20.2 Å². The summed E-state index contributed by atoms with van der Waals surface area (Å²) in [5.41, 5.74) is 1.20. The molecular weight excluding hydrogens is 248 g/mol. The van der Waals surface area contributed by atoms with E-state index in [1.54, 1.807) is 25.2 Å². The number of carbonyl (C=O) groups excluding carboxylic acids is 1. The van der Waals surface area contributed by atoms with Crippen molar-refractivity contribution in [2.24, 2.45) is 0 Å². The maximum Gasteiger partial charge on any atom is 0.419 e. The van der Waals surface area contributed by atoms with Crippen molar-refractivity contribution >= 4 is 17.0 Å². The first-order valence-electron chi connectivity index (χ1n) is 6.06. The zero-order chi connectivity index (χ0) is 13.8. The molecule has 6 heteroatoms. The van der Waals surface area contributed by atoms with Crippen molar-refractivity contribution in [3.63, 3.8) is 0 Å². The third-order valence-corrected chi connectivity index (χ3v) is 2.98. The molecule has 1 aromatic carbocycles. The minimum Gasteiger partial charge on any atom is -0.408 e. The molecule has 0 unspecified atom stereocenters. The Morgan fingerprint density at radius 1 is 1.42 bits per heavy atom. The van der Waals surface area contributed by atoms with Crippen LogP contribution >= 0.6 is 0 Å². The van der Waals surface area contributed by atoms with E-state index in [0.717, 1.165) is 0 Å². The third kappa shape index (κ3) is 2.85. The van der Waals surface area contributed by atoms with Crippen LogP contribution in [0.2, 0.25) is 0 Å². The molecule has 0 spiro atoms. The number of oxazole rings is 1. The Morgan fingerprint density at radius 2 is 2.16 bits per heavy atom. The molecule has 1 heterocycles. The molecule has 1 aromatic heterocycles. The van der Waals surface area contributed by atoms with Crippen molar-refractivity contribution in [1.82, 2.24) is 9.47 Å². The lowest BCUT2D eigenvalue weighted by atomic mass is 10.3. The number of amides is 1. The van der Waals surface area contributed by atoms with E-state index in [1.165, 1.54) is 9.47 Å². The topological polar surface area (TPSA) is 75.7 Å². The molecule has 0 aliphatic rings. The fourth-order valence-corrected chi connectivity index (χ4v) is 1.90. The molecule has 0 saturated heterocycles. The van der Waals surface area contributed by atoms with Crippen molar-refractivity contribution in [3.8, 4) is 0 Å². The normalized spacial score (nSPS) is 10.8. The van der Waals surface area contributed by atoms with Gasteiger partial charge in [-0.25, -0.2) is 4.79 Å². The Labute approximate surface area is 109 Å². The molecule has 0 aliphatic carbocycles. The molecule has 19 heavy (non-hydrogen) atoms. The lowest BCUT2D eigenvalue weighted by molar-refractivity contribution is -0.130. The number of hydrogen-bond donors (Lipinski definition) is 1. The number of aryl methyl sites for hydroxylation is 1. The van der Waals surface area contributed by atoms with Crippen LogP contribution in [0, 0.1) is 0 Å². The van der Waals surface area contributed by atoms with Gasteiger partial charge in [-0.2, -0.15) is 0 Å². The molecule has 2 aromatic rings. The molecule has 0 atom stereocenters. The highest BCUT2D eigenvalue weighted by Gasteiger charge is 2.12. The van der Waals surface area contributed by atoms with Crippen LogP contribution in [0.15, 0.2) is 33.5 Å². The number of aliphatic hydroxyl groups excluding tert-OH is 1. The lowest BCUT2D eigenvalue weighted by Crippen LogP contribution is -2.30. The summed E-state index contributed by atoms with van der Waals surface area (Å²) in [5.74, 6) is -0.579. The quantitative estimate of drug-likeness (QED) is 0.850. The molecule has 0 bridgehead atoms. The van der Waals surface area contributed by atoms with E-state index in [1.807, 2.05) is 6.07 Å². The second-order valence-electron chi connectivity index (χ2n) is 4.28. The Morgan fingerprint density at radius 3 is 2.89 bits per heavy atom. The SMILES string of the molecule is CN(CCO)C(=O)CCn1c(=O)oc2ccccc21. The number of carbonyl (C=O) groups is 1. The Balaban J connectivity index is 2.12. The highest BCUT2D eigenvalue weighted by molar-refractivity contribution is 5.76. The molecule has 2 rings (SSSR count). The monoisotopic (exact) mass is 264 g/mol. The van der Waals surface area contributed by atoms with Crippen LogP contribution in [0.4, 0.5) is 0 Å². The van der Waals surface area contributed by atoms with Crippen LogP contribution < -0.4 is 5.76 Å². The van der Waals surface area contributed by atoms with Crippen LogP contribution in [0.25, 0.3) is 11.1 Å². The first-order chi connectivity index (χ1) is 9.13. The second kappa shape index (κ2) is 5.71. The maximum atomic E-state index is 11.7. The molecule has 1 amide bonds. The van der Waals surface area contributed by atoms with E-state index in [9.17, 15) is 9.59 Å². The first kappa shape index (κ1) is 13.4. The van der Waals surface area contributed by atoms with E-state index in [0.29, 0.717) is 17.6 Å². The average Bonchev–Trinajstić information content (AvgIpc) is 2.72. The zero-order valence-corrected chi connectivity index (χ0v) is 10.7. The Bertz CT molecular complexity index is 629. The third-order valence-electron chi connectivity index (χ3n) is 2.98. The van der Waals surface area contributed by atoms with Crippen LogP contribution in [-0.2, 0) is 11.3 Å². The van der Waals surface area contributed by atoms with Gasteiger partial charge in [0.25, 0.3) is 0 Å². The van der Waals surface area contributed by atoms with Crippen molar-refractivity contribution in [3.05, 3.63) is 34.8 Å². The molecule has 102 valence electrons. The summed E-state index contributed by atoms with van der Waals surface area (Å²) >= 11 is 0. The van der Waals surface area contributed by atoms with Gasteiger partial charge < -0.3 is 14.4 Å². The number of para-hydroxylation sites is 2. The van der Waals surface area contributed by atoms with Gasteiger partial charge in [0.15, 0.2) is 5.58 Å². The van der Waals surface area contributed by atoms with Crippen molar-refractivity contribution < 1.29 is 14.3 Å². The number of benzene rings is 1. The molecule has 0 aliphatic heterocycles. The number of hydrogen-bond acceptors (Lipinski definition) is 4. The van der Waals surface area contributed by atoms with Gasteiger partial charge in [-0.15, -0.1) is 0 Å². The van der Waals surface area contributed by atoms with Crippen LogP contribution in [0.1, 0.15) is 6.42 Å². The van der Waals surface area contributed by atoms with E-state index in [-0.39, 0.29) is 25.5 Å². The molecule has 1 N–H and O–H groups in total. The fourth-order valence-electron chi connectivity index (χ4n) is 1.90. The molecular formula is C13H16N2O4. The number of likely N-dealkylation sites (N-methyl/N-ethyl adjacent to an activating group) is 1. The number of fused-ring (bicyclic) bond motifs is 1. The Hall–Kier alpha value is -2.08. The molecule has 0 fully saturated rings. The number of nitrogens with zero attached hydrogens (tertiary/aromatic N) is 2. The van der Waals surface area contributed by atoms with E-state index >= 15 is 0 Å². The number of rotatable bonds is 5. The fraction of sp³-hybridized carbons (Fsp3) is 0.385. The van der Waals surface area contributed by atoms with Gasteiger partial charge in [-0.3, -0.25) is 9.36 Å². The second-order valence-corrected chi connectivity index (χ2v) is 4.28. The summed E-state index contributed by atoms with van der Waals surface area (Å²) < 4.78 is 6.53. The molecule has 0 radical (unpaired) electrons. The van der Waals surface area contributed by atoms with Gasteiger partial charge in [0.05, 0.1) is 12.1 Å². The summed E-state index contributed by atoms with van der Waals surface area (Å²) in [4.78, 5) is 24.9. The van der Waals surface area contributed by atoms with Gasteiger partial charge >= 0.3 is 5.76 Å². The van der Waals surface area contributed by atoms with Crippen LogP contribution in [0.5, 0.6) is 0 Å². The predicted molar refractivity (Wildman–Crippen MR) is 69.8 cm³/mol. The predicted octanol–water partition coefficient (Wildman–Crippen LogP) is 0.435. The van der Waals surface area contributed by atoms with E-state index < -0.39 is 5.76 Å². The van der Waals surface area contributed by atoms with E-state index in [4.69, 9.17) is 9.52 Å². The smallest absolute Gasteiger partial charge is 0.408 e. The van der Waals surface area contributed by atoms with Gasteiger partial charge in [0, 0.05) is 26.6 Å². The van der Waals surface area contributed by atoms with Crippen molar-refractivity contribution in [1.29, 1.82) is 0 Å². The van der Waals surface area contributed by atoms with E-state index in [2.05, 4.69) is 0 Å². The number of aliphatic hydroxyl groups is 1. The summed E-state index contributed by atoms with van der Waals surface area (Å²) in [7, 11) is 1.62. The average molecular weight is 264 g/mol. The molecule has 6 nitrogen and oxygen atoms in total. The highest BCUT2D eigenvalue weighted by atomic mass is 16.4. The van der Waals surface area contributed by atoms with Gasteiger partial charge in [0.2, 0.25) is 5.91 Å². The van der Waals surface area contributed by atoms with Gasteiger partial charge in [-0.1, -0.05) is 12.1 Å². The first-order valence-corrected chi connectivity index (χ1v) is 6.06. The summed E-state index contributed by atoms with van der Waals surface area (Å²) in [6, 6.07) is 7.10. The largest absolute Gasteiger partial charge is 0.419 e. The number of aromatic nitrogens is 1. The van der Waals surface area contributed by atoms with Gasteiger partial charge in [0.1, 0.15) is 0 Å². The zero-order valence-electron chi connectivity index (χ0n) is 10.7. The van der Waals surface area contributed by atoms with Gasteiger partial charge in [-0.05, 0) is 12.1 Å². The van der Waals surface area contributed by atoms with Crippen LogP contribution in [0.3, 0.4) is 0 Å². The van der Waals surface area contributed by atoms with Crippen molar-refractivity contribution in [2.45, 2.75) is 13.0 Å². The molecule has 0 saturated carbocycles.